The zero-order chi connectivity index (χ0) is 22.9. The summed E-state index contributed by atoms with van der Waals surface area (Å²) in [5.74, 6) is -0.175. The highest BCUT2D eigenvalue weighted by Gasteiger charge is 2.20. The number of halogens is 2. The summed E-state index contributed by atoms with van der Waals surface area (Å²) in [7, 11) is 1.63. The van der Waals surface area contributed by atoms with Crippen molar-refractivity contribution in [3.05, 3.63) is 52.0 Å². The molecule has 3 amide bonds. The van der Waals surface area contributed by atoms with E-state index in [0.29, 0.717) is 40.1 Å². The van der Waals surface area contributed by atoms with Crippen LogP contribution in [0.4, 0.5) is 21.9 Å². The first kappa shape index (κ1) is 24.2. The number of piperidine rings is 1. The molecule has 0 bridgehead atoms. The Morgan fingerprint density at radius 3 is 2.53 bits per heavy atom. The zero-order valence-corrected chi connectivity index (χ0v) is 19.6. The van der Waals surface area contributed by atoms with Gasteiger partial charge >= 0.3 is 6.03 Å². The Hall–Kier alpha value is -2.48. The summed E-state index contributed by atoms with van der Waals surface area (Å²) in [6.07, 6.45) is 4.11. The minimum Gasteiger partial charge on any atom is -0.385 e. The van der Waals surface area contributed by atoms with Crippen LogP contribution in [-0.2, 0) is 4.74 Å². The molecule has 2 aromatic rings. The number of rotatable bonds is 8. The van der Waals surface area contributed by atoms with Crippen LogP contribution >= 0.6 is 23.2 Å². The van der Waals surface area contributed by atoms with Gasteiger partial charge < -0.3 is 25.6 Å². The Morgan fingerprint density at radius 2 is 1.81 bits per heavy atom. The summed E-state index contributed by atoms with van der Waals surface area (Å²) in [6, 6.07) is 9.75. The van der Waals surface area contributed by atoms with E-state index in [-0.39, 0.29) is 5.91 Å². The number of nitrogens with zero attached hydrogens (tertiary/aromatic N) is 1. The smallest absolute Gasteiger partial charge is 0.323 e. The van der Waals surface area contributed by atoms with Crippen molar-refractivity contribution in [1.82, 2.24) is 5.32 Å². The van der Waals surface area contributed by atoms with E-state index in [2.05, 4.69) is 20.9 Å². The molecule has 0 aliphatic carbocycles. The molecule has 0 spiro atoms. The lowest BCUT2D eigenvalue weighted by molar-refractivity contribution is 0.0949. The van der Waals surface area contributed by atoms with E-state index in [1.165, 1.54) is 6.42 Å². The number of anilines is 3. The third-order valence-corrected chi connectivity index (χ3v) is 5.73. The molecule has 0 radical (unpaired) electrons. The summed E-state index contributed by atoms with van der Waals surface area (Å²) >= 11 is 12.0. The summed E-state index contributed by atoms with van der Waals surface area (Å²) in [5, 5.41) is 9.23. The van der Waals surface area contributed by atoms with Crippen molar-refractivity contribution < 1.29 is 14.3 Å². The Morgan fingerprint density at radius 1 is 1.03 bits per heavy atom. The van der Waals surface area contributed by atoms with Crippen molar-refractivity contribution in [2.75, 3.05) is 48.9 Å². The van der Waals surface area contributed by atoms with Gasteiger partial charge in [0.05, 0.1) is 16.3 Å². The van der Waals surface area contributed by atoms with Crippen molar-refractivity contribution in [3.63, 3.8) is 0 Å². The van der Waals surface area contributed by atoms with Crippen molar-refractivity contribution in [1.29, 1.82) is 0 Å². The first-order valence-corrected chi connectivity index (χ1v) is 11.4. The van der Waals surface area contributed by atoms with E-state index in [1.54, 1.807) is 37.4 Å². The molecule has 1 saturated heterocycles. The standard InChI is InChI=1S/C23H28Cl2N4O3/c1-32-13-5-10-26-22(30)18-15-17(7-9-21(18)29-11-3-2-4-12-29)27-23(31)28-20-8-6-16(24)14-19(20)25/h6-9,14-15H,2-5,10-13H2,1H3,(H,26,30)(H2,27,28,31). The number of nitrogens with one attached hydrogen (secondary N) is 3. The molecular weight excluding hydrogens is 451 g/mol. The molecule has 1 heterocycles. The summed E-state index contributed by atoms with van der Waals surface area (Å²) in [5.41, 5.74) is 2.36. The summed E-state index contributed by atoms with van der Waals surface area (Å²) < 4.78 is 5.04. The molecule has 32 heavy (non-hydrogen) atoms. The van der Waals surface area contributed by atoms with Crippen LogP contribution in [0.25, 0.3) is 0 Å². The van der Waals surface area contributed by atoms with Crippen LogP contribution in [-0.4, -0.2) is 45.3 Å². The van der Waals surface area contributed by atoms with Crippen LogP contribution in [0.3, 0.4) is 0 Å². The number of methoxy groups -OCH3 is 1. The lowest BCUT2D eigenvalue weighted by Gasteiger charge is -2.30. The molecule has 1 fully saturated rings. The normalized spacial score (nSPS) is 13.5. The number of hydrogen-bond donors (Lipinski definition) is 3. The molecule has 0 unspecified atom stereocenters. The van der Waals surface area contributed by atoms with Gasteiger partial charge in [0.1, 0.15) is 0 Å². The van der Waals surface area contributed by atoms with E-state index in [1.807, 2.05) is 6.07 Å². The first-order valence-electron chi connectivity index (χ1n) is 10.7. The van der Waals surface area contributed by atoms with Crippen LogP contribution in [0.5, 0.6) is 0 Å². The molecule has 9 heteroatoms. The van der Waals surface area contributed by atoms with Gasteiger partial charge in [-0.3, -0.25) is 4.79 Å². The molecule has 0 saturated carbocycles. The first-order chi connectivity index (χ1) is 15.5. The molecule has 0 aromatic heterocycles. The van der Waals surface area contributed by atoms with Gasteiger partial charge in [0.25, 0.3) is 5.91 Å². The summed E-state index contributed by atoms with van der Waals surface area (Å²) in [6.45, 7) is 2.91. The molecule has 1 aliphatic heterocycles. The number of ether oxygens (including phenoxy) is 1. The number of carbonyl (C=O) groups is 2. The fraction of sp³-hybridized carbons (Fsp3) is 0.391. The van der Waals surface area contributed by atoms with Crippen LogP contribution in [0, 0.1) is 0 Å². The number of amides is 3. The van der Waals surface area contributed by atoms with Gasteiger partial charge in [0.15, 0.2) is 0 Å². The van der Waals surface area contributed by atoms with E-state index >= 15 is 0 Å². The maximum Gasteiger partial charge on any atom is 0.323 e. The Labute approximate surface area is 198 Å². The summed E-state index contributed by atoms with van der Waals surface area (Å²) in [4.78, 5) is 27.7. The Kier molecular flexibility index (Phi) is 9.02. The maximum absolute atomic E-state index is 12.9. The van der Waals surface area contributed by atoms with Gasteiger partial charge in [-0.15, -0.1) is 0 Å². The van der Waals surface area contributed by atoms with Crippen molar-refractivity contribution >= 4 is 52.2 Å². The highest BCUT2D eigenvalue weighted by atomic mass is 35.5. The second kappa shape index (κ2) is 11.9. The quantitative estimate of drug-likeness (QED) is 0.443. The van der Waals surface area contributed by atoms with Gasteiger partial charge in [-0.25, -0.2) is 4.79 Å². The molecule has 2 aromatic carbocycles. The molecule has 3 rings (SSSR count). The minimum atomic E-state index is -0.466. The lowest BCUT2D eigenvalue weighted by atomic mass is 10.1. The van der Waals surface area contributed by atoms with Crippen LogP contribution in [0.1, 0.15) is 36.0 Å². The molecule has 1 aliphatic rings. The Bertz CT molecular complexity index is 949. The minimum absolute atomic E-state index is 0.175. The second-order valence-electron chi connectivity index (χ2n) is 7.59. The van der Waals surface area contributed by atoms with Crippen LogP contribution in [0.2, 0.25) is 10.0 Å². The fourth-order valence-corrected chi connectivity index (χ4v) is 4.05. The van der Waals surface area contributed by atoms with Crippen molar-refractivity contribution in [2.45, 2.75) is 25.7 Å². The average Bonchev–Trinajstić information content (AvgIpc) is 2.79. The van der Waals surface area contributed by atoms with Crippen molar-refractivity contribution in [2.24, 2.45) is 0 Å². The topological polar surface area (TPSA) is 82.7 Å². The third kappa shape index (κ3) is 6.76. The number of benzene rings is 2. The van der Waals surface area contributed by atoms with E-state index < -0.39 is 6.03 Å². The highest BCUT2D eigenvalue weighted by molar-refractivity contribution is 6.36. The maximum atomic E-state index is 12.9. The second-order valence-corrected chi connectivity index (χ2v) is 8.43. The fourth-order valence-electron chi connectivity index (χ4n) is 3.60. The zero-order valence-electron chi connectivity index (χ0n) is 18.0. The molecule has 0 atom stereocenters. The number of urea groups is 1. The van der Waals surface area contributed by atoms with Gasteiger partial charge in [-0.2, -0.15) is 0 Å². The van der Waals surface area contributed by atoms with E-state index in [9.17, 15) is 9.59 Å². The number of carbonyl (C=O) groups excluding carboxylic acids is 2. The Balaban J connectivity index is 1.75. The van der Waals surface area contributed by atoms with Gasteiger partial charge in [0.2, 0.25) is 0 Å². The molecule has 172 valence electrons. The lowest BCUT2D eigenvalue weighted by Crippen LogP contribution is -2.33. The predicted molar refractivity (Wildman–Crippen MR) is 130 cm³/mol. The largest absolute Gasteiger partial charge is 0.385 e. The van der Waals surface area contributed by atoms with Crippen LogP contribution < -0.4 is 20.9 Å². The SMILES string of the molecule is COCCCNC(=O)c1cc(NC(=O)Nc2ccc(Cl)cc2Cl)ccc1N1CCCCC1. The average molecular weight is 479 g/mol. The van der Waals surface area contributed by atoms with Gasteiger partial charge in [0, 0.05) is 49.7 Å². The monoisotopic (exact) mass is 478 g/mol. The van der Waals surface area contributed by atoms with E-state index in [4.69, 9.17) is 27.9 Å². The molecule has 3 N–H and O–H groups in total. The van der Waals surface area contributed by atoms with Crippen molar-refractivity contribution in [3.8, 4) is 0 Å². The van der Waals surface area contributed by atoms with Crippen LogP contribution in [0.15, 0.2) is 36.4 Å². The van der Waals surface area contributed by atoms with Gasteiger partial charge in [-0.05, 0) is 62.1 Å². The highest BCUT2D eigenvalue weighted by Crippen LogP contribution is 2.28. The van der Waals surface area contributed by atoms with E-state index in [0.717, 1.165) is 38.0 Å². The third-order valence-electron chi connectivity index (χ3n) is 5.19. The predicted octanol–water partition coefficient (Wildman–Crippen LogP) is 5.39. The molecule has 7 nitrogen and oxygen atoms in total. The van der Waals surface area contributed by atoms with Gasteiger partial charge in [-0.1, -0.05) is 23.2 Å². The molecular formula is C23H28Cl2N4O3. The number of hydrogen-bond acceptors (Lipinski definition) is 4.